The van der Waals surface area contributed by atoms with Crippen LogP contribution in [0.4, 0.5) is 10.1 Å². The molecule has 0 heterocycles. The third-order valence-corrected chi connectivity index (χ3v) is 5.19. The van der Waals surface area contributed by atoms with E-state index in [-0.39, 0.29) is 22.8 Å². The van der Waals surface area contributed by atoms with Crippen molar-refractivity contribution >= 4 is 15.5 Å². The molecule has 0 aromatic heterocycles. The molecule has 0 radical (unpaired) electrons. The van der Waals surface area contributed by atoms with Gasteiger partial charge in [0, 0.05) is 12.1 Å². The molecule has 1 aliphatic rings. The first-order valence-electron chi connectivity index (χ1n) is 5.53. The summed E-state index contributed by atoms with van der Waals surface area (Å²) in [7, 11) is -3.71. The van der Waals surface area contributed by atoms with E-state index in [1.807, 2.05) is 6.07 Å². The van der Waals surface area contributed by atoms with Gasteiger partial charge in [-0.15, -0.1) is 0 Å². The monoisotopic (exact) mass is 268 g/mol. The molecule has 18 heavy (non-hydrogen) atoms. The van der Waals surface area contributed by atoms with Crippen molar-refractivity contribution in [1.82, 2.24) is 0 Å². The van der Waals surface area contributed by atoms with E-state index >= 15 is 0 Å². The Labute approximate surface area is 105 Å². The van der Waals surface area contributed by atoms with Gasteiger partial charge in [-0.3, -0.25) is 0 Å². The van der Waals surface area contributed by atoms with Crippen LogP contribution in [0.15, 0.2) is 23.1 Å². The number of nitrogen functional groups attached to an aromatic ring is 1. The number of nitrogens with two attached hydrogens (primary N) is 1. The van der Waals surface area contributed by atoms with Crippen molar-refractivity contribution in [3.8, 4) is 6.07 Å². The molecule has 0 unspecified atom stereocenters. The Morgan fingerprint density at radius 3 is 2.61 bits per heavy atom. The third-order valence-electron chi connectivity index (χ3n) is 3.20. The van der Waals surface area contributed by atoms with E-state index in [1.54, 1.807) is 0 Å². The molecule has 96 valence electrons. The minimum atomic E-state index is -3.71. The van der Waals surface area contributed by atoms with Crippen LogP contribution in [0.1, 0.15) is 19.3 Å². The van der Waals surface area contributed by atoms with Gasteiger partial charge in [-0.25, -0.2) is 12.8 Å². The highest BCUT2D eigenvalue weighted by molar-refractivity contribution is 7.91. The number of benzene rings is 1. The molecular formula is C12H13FN2O2S. The SMILES string of the molecule is N#CCC1(CS(=O)(=O)c2ccc(N)cc2F)CC1. The Morgan fingerprint density at radius 1 is 1.44 bits per heavy atom. The molecule has 2 N–H and O–H groups in total. The Bertz CT molecular complexity index is 615. The largest absolute Gasteiger partial charge is 0.399 e. The second kappa shape index (κ2) is 4.25. The topological polar surface area (TPSA) is 84.0 Å². The molecule has 4 nitrogen and oxygen atoms in total. The zero-order valence-corrected chi connectivity index (χ0v) is 10.5. The van der Waals surface area contributed by atoms with E-state index in [9.17, 15) is 12.8 Å². The lowest BCUT2D eigenvalue weighted by atomic mass is 10.1. The molecular weight excluding hydrogens is 255 g/mol. The summed E-state index contributed by atoms with van der Waals surface area (Å²) in [5.41, 5.74) is 5.09. The number of hydrogen-bond acceptors (Lipinski definition) is 4. The highest BCUT2D eigenvalue weighted by Gasteiger charge is 2.46. The van der Waals surface area contributed by atoms with Crippen molar-refractivity contribution in [2.75, 3.05) is 11.5 Å². The molecule has 1 aliphatic carbocycles. The fourth-order valence-corrected chi connectivity index (χ4v) is 3.95. The van der Waals surface area contributed by atoms with E-state index in [2.05, 4.69) is 0 Å². The van der Waals surface area contributed by atoms with Gasteiger partial charge in [0.05, 0.1) is 11.8 Å². The lowest BCUT2D eigenvalue weighted by Gasteiger charge is -2.12. The van der Waals surface area contributed by atoms with E-state index in [4.69, 9.17) is 11.0 Å². The van der Waals surface area contributed by atoms with Crippen LogP contribution in [0.5, 0.6) is 0 Å². The Morgan fingerprint density at radius 2 is 2.11 bits per heavy atom. The van der Waals surface area contributed by atoms with Crippen LogP contribution in [-0.4, -0.2) is 14.2 Å². The highest BCUT2D eigenvalue weighted by atomic mass is 32.2. The predicted molar refractivity (Wildman–Crippen MR) is 64.8 cm³/mol. The maximum Gasteiger partial charge on any atom is 0.181 e. The number of hydrogen-bond donors (Lipinski definition) is 1. The molecule has 0 saturated heterocycles. The van der Waals surface area contributed by atoms with Gasteiger partial charge in [0.25, 0.3) is 0 Å². The summed E-state index contributed by atoms with van der Waals surface area (Å²) in [6.45, 7) is 0. The molecule has 1 aromatic rings. The average molecular weight is 268 g/mol. The fraction of sp³-hybridized carbons (Fsp3) is 0.417. The summed E-state index contributed by atoms with van der Waals surface area (Å²) >= 11 is 0. The second-order valence-electron chi connectivity index (χ2n) is 4.78. The van der Waals surface area contributed by atoms with E-state index in [1.165, 1.54) is 12.1 Å². The zero-order valence-electron chi connectivity index (χ0n) is 9.69. The molecule has 1 fully saturated rings. The molecule has 0 spiro atoms. The van der Waals surface area contributed by atoms with Gasteiger partial charge in [0.2, 0.25) is 0 Å². The highest BCUT2D eigenvalue weighted by Crippen LogP contribution is 2.50. The summed E-state index contributed by atoms with van der Waals surface area (Å²) in [5.74, 6) is -1.00. The van der Waals surface area contributed by atoms with Gasteiger partial charge in [-0.2, -0.15) is 5.26 Å². The second-order valence-corrected chi connectivity index (χ2v) is 6.74. The molecule has 0 bridgehead atoms. The quantitative estimate of drug-likeness (QED) is 0.845. The first-order chi connectivity index (χ1) is 8.38. The van der Waals surface area contributed by atoms with Crippen molar-refractivity contribution < 1.29 is 12.8 Å². The fourth-order valence-electron chi connectivity index (χ4n) is 1.97. The Balaban J connectivity index is 2.29. The van der Waals surface area contributed by atoms with Crippen molar-refractivity contribution in [2.45, 2.75) is 24.2 Å². The predicted octanol–water partition coefficient (Wildman–Crippen LogP) is 1.88. The van der Waals surface area contributed by atoms with Gasteiger partial charge in [0.15, 0.2) is 9.84 Å². The zero-order chi connectivity index (χ0) is 13.4. The van der Waals surface area contributed by atoms with Crippen LogP contribution in [0.2, 0.25) is 0 Å². The molecule has 0 aliphatic heterocycles. The lowest BCUT2D eigenvalue weighted by molar-refractivity contribution is 0.536. The molecule has 1 saturated carbocycles. The van der Waals surface area contributed by atoms with E-state index in [0.717, 1.165) is 6.07 Å². The van der Waals surface area contributed by atoms with Crippen molar-refractivity contribution in [3.63, 3.8) is 0 Å². The van der Waals surface area contributed by atoms with Crippen LogP contribution in [0.25, 0.3) is 0 Å². The van der Waals surface area contributed by atoms with Gasteiger partial charge in [-0.1, -0.05) is 0 Å². The summed E-state index contributed by atoms with van der Waals surface area (Å²) in [6, 6.07) is 5.53. The standard InChI is InChI=1S/C12H13FN2O2S/c13-10-7-9(15)1-2-11(10)18(16,17)8-12(3-4-12)5-6-14/h1-2,7H,3-5,8,15H2. The number of halogens is 1. The van der Waals surface area contributed by atoms with Crippen LogP contribution in [0, 0.1) is 22.6 Å². The Kier molecular flexibility index (Phi) is 3.03. The van der Waals surface area contributed by atoms with E-state index < -0.39 is 21.1 Å². The number of rotatable bonds is 4. The van der Waals surface area contributed by atoms with E-state index in [0.29, 0.717) is 12.8 Å². The normalized spacial score (nSPS) is 17.1. The number of sulfone groups is 1. The summed E-state index contributed by atoms with van der Waals surface area (Å²) < 4.78 is 37.8. The van der Waals surface area contributed by atoms with Crippen molar-refractivity contribution in [3.05, 3.63) is 24.0 Å². The van der Waals surface area contributed by atoms with Crippen LogP contribution < -0.4 is 5.73 Å². The summed E-state index contributed by atoms with van der Waals surface area (Å²) in [4.78, 5) is -0.332. The maximum absolute atomic E-state index is 13.6. The summed E-state index contributed by atoms with van der Waals surface area (Å²) in [6.07, 6.45) is 1.61. The molecule has 0 amide bonds. The van der Waals surface area contributed by atoms with Crippen molar-refractivity contribution in [1.29, 1.82) is 5.26 Å². The number of nitrogens with zero attached hydrogens (tertiary/aromatic N) is 1. The number of nitriles is 1. The molecule has 2 rings (SSSR count). The van der Waals surface area contributed by atoms with Crippen LogP contribution in [0.3, 0.4) is 0 Å². The third kappa shape index (κ3) is 2.46. The van der Waals surface area contributed by atoms with Gasteiger partial charge < -0.3 is 5.73 Å². The first-order valence-corrected chi connectivity index (χ1v) is 7.19. The minimum Gasteiger partial charge on any atom is -0.399 e. The van der Waals surface area contributed by atoms with Crippen LogP contribution in [-0.2, 0) is 9.84 Å². The lowest BCUT2D eigenvalue weighted by Crippen LogP contribution is -2.18. The number of anilines is 1. The van der Waals surface area contributed by atoms with Gasteiger partial charge >= 0.3 is 0 Å². The molecule has 1 aromatic carbocycles. The smallest absolute Gasteiger partial charge is 0.181 e. The van der Waals surface area contributed by atoms with Crippen molar-refractivity contribution in [2.24, 2.45) is 5.41 Å². The van der Waals surface area contributed by atoms with Gasteiger partial charge in [-0.05, 0) is 36.5 Å². The molecule has 0 atom stereocenters. The van der Waals surface area contributed by atoms with Gasteiger partial charge in [0.1, 0.15) is 10.7 Å². The molecule has 6 heteroatoms. The minimum absolute atomic E-state index is 0.172. The Hall–Kier alpha value is -1.61. The maximum atomic E-state index is 13.6. The van der Waals surface area contributed by atoms with Crippen LogP contribution >= 0.6 is 0 Å². The summed E-state index contributed by atoms with van der Waals surface area (Å²) in [5, 5.41) is 8.66. The first kappa shape index (κ1) is 12.8. The average Bonchev–Trinajstić information content (AvgIpc) is 2.96.